The van der Waals surface area contributed by atoms with Gasteiger partial charge in [0.2, 0.25) is 0 Å². The molecule has 2 aliphatic rings. The molecule has 1 spiro atoms. The third-order valence-electron chi connectivity index (χ3n) is 3.33. The van der Waals surface area contributed by atoms with Crippen LogP contribution < -0.4 is 0 Å². The van der Waals surface area contributed by atoms with E-state index < -0.39 is 17.7 Å². The smallest absolute Gasteiger partial charge is 0.320 e. The lowest BCUT2D eigenvalue weighted by Crippen LogP contribution is -2.47. The second-order valence-corrected chi connectivity index (χ2v) is 4.39. The molecule has 0 unspecified atom stereocenters. The van der Waals surface area contributed by atoms with Crippen molar-refractivity contribution < 1.29 is 19.1 Å². The number of esters is 2. The van der Waals surface area contributed by atoms with Crippen LogP contribution in [0.15, 0.2) is 0 Å². The van der Waals surface area contributed by atoms with Crippen molar-refractivity contribution in [2.45, 2.75) is 51.2 Å². The van der Waals surface area contributed by atoms with Gasteiger partial charge < -0.3 is 9.47 Å². The largest absolute Gasteiger partial charge is 0.422 e. The fourth-order valence-electron chi connectivity index (χ4n) is 2.36. The number of carbonyl (C=O) groups is 2. The van der Waals surface area contributed by atoms with E-state index in [1.165, 1.54) is 0 Å². The molecule has 0 N–H and O–H groups in total. The zero-order valence-corrected chi connectivity index (χ0v) is 8.95. The van der Waals surface area contributed by atoms with Gasteiger partial charge in [-0.25, -0.2) is 0 Å². The molecule has 0 aromatic rings. The van der Waals surface area contributed by atoms with Gasteiger partial charge in [-0.15, -0.1) is 0 Å². The van der Waals surface area contributed by atoms with Crippen molar-refractivity contribution in [1.82, 2.24) is 0 Å². The highest BCUT2D eigenvalue weighted by atomic mass is 16.7. The lowest BCUT2D eigenvalue weighted by atomic mass is 9.83. The number of ether oxygens (including phenoxy) is 2. The SMILES string of the molecule is CCC1CCC2(CC1)OC(=O)CC(=O)O2. The summed E-state index contributed by atoms with van der Waals surface area (Å²) in [4.78, 5) is 22.3. The number of hydrogen-bond acceptors (Lipinski definition) is 4. The van der Waals surface area contributed by atoms with Gasteiger partial charge in [0.1, 0.15) is 6.42 Å². The monoisotopic (exact) mass is 212 g/mol. The Labute approximate surface area is 88.9 Å². The quantitative estimate of drug-likeness (QED) is 0.491. The summed E-state index contributed by atoms with van der Waals surface area (Å²) in [5.74, 6) is -1.13. The van der Waals surface area contributed by atoms with Gasteiger partial charge in [0.05, 0.1) is 0 Å². The van der Waals surface area contributed by atoms with Gasteiger partial charge >= 0.3 is 11.9 Å². The minimum atomic E-state index is -0.919. The van der Waals surface area contributed by atoms with E-state index >= 15 is 0 Å². The Morgan fingerprint density at radius 2 is 1.73 bits per heavy atom. The Bertz CT molecular complexity index is 258. The Morgan fingerprint density at radius 3 is 2.20 bits per heavy atom. The van der Waals surface area contributed by atoms with Crippen LogP contribution in [0.5, 0.6) is 0 Å². The van der Waals surface area contributed by atoms with Gasteiger partial charge in [-0.1, -0.05) is 13.3 Å². The Morgan fingerprint density at radius 1 is 1.20 bits per heavy atom. The molecule has 2 fully saturated rings. The number of rotatable bonds is 1. The third-order valence-corrected chi connectivity index (χ3v) is 3.33. The maximum absolute atomic E-state index is 11.2. The maximum Gasteiger partial charge on any atom is 0.320 e. The highest BCUT2D eigenvalue weighted by Gasteiger charge is 2.45. The summed E-state index contributed by atoms with van der Waals surface area (Å²) >= 11 is 0. The molecule has 0 atom stereocenters. The molecule has 84 valence electrons. The summed E-state index contributed by atoms with van der Waals surface area (Å²) in [6, 6.07) is 0. The van der Waals surface area contributed by atoms with E-state index in [4.69, 9.17) is 9.47 Å². The molecule has 1 aliphatic heterocycles. The Balaban J connectivity index is 2.02. The summed E-state index contributed by atoms with van der Waals surface area (Å²) in [5, 5.41) is 0. The maximum atomic E-state index is 11.2. The van der Waals surface area contributed by atoms with Crippen LogP contribution in [0.25, 0.3) is 0 Å². The molecule has 0 aromatic heterocycles. The molecule has 0 aromatic carbocycles. The van der Waals surface area contributed by atoms with Gasteiger partial charge in [0.15, 0.2) is 0 Å². The number of hydrogen-bond donors (Lipinski definition) is 0. The zero-order chi connectivity index (χ0) is 10.9. The van der Waals surface area contributed by atoms with Gasteiger partial charge in [-0.2, -0.15) is 0 Å². The predicted molar refractivity (Wildman–Crippen MR) is 51.8 cm³/mol. The van der Waals surface area contributed by atoms with Crippen LogP contribution in [-0.2, 0) is 19.1 Å². The van der Waals surface area contributed by atoms with Crippen LogP contribution >= 0.6 is 0 Å². The van der Waals surface area contributed by atoms with Crippen molar-refractivity contribution in [3.8, 4) is 0 Å². The van der Waals surface area contributed by atoms with Crippen LogP contribution in [0.2, 0.25) is 0 Å². The molecular formula is C11H16O4. The van der Waals surface area contributed by atoms with Crippen molar-refractivity contribution in [3.05, 3.63) is 0 Å². The van der Waals surface area contributed by atoms with Gasteiger partial charge in [-0.05, 0) is 18.8 Å². The van der Waals surface area contributed by atoms with E-state index in [2.05, 4.69) is 6.92 Å². The van der Waals surface area contributed by atoms with E-state index in [-0.39, 0.29) is 6.42 Å². The van der Waals surface area contributed by atoms with Gasteiger partial charge in [0, 0.05) is 12.8 Å². The highest BCUT2D eigenvalue weighted by molar-refractivity contribution is 5.93. The molecule has 0 radical (unpaired) electrons. The third kappa shape index (κ3) is 2.13. The van der Waals surface area contributed by atoms with Crippen LogP contribution in [0.3, 0.4) is 0 Å². The van der Waals surface area contributed by atoms with Crippen LogP contribution in [-0.4, -0.2) is 17.7 Å². The first-order valence-electron chi connectivity index (χ1n) is 5.57. The molecular weight excluding hydrogens is 196 g/mol. The summed E-state index contributed by atoms with van der Waals surface area (Å²) in [6.45, 7) is 2.15. The predicted octanol–water partition coefficient (Wildman–Crippen LogP) is 1.77. The van der Waals surface area contributed by atoms with E-state index in [0.717, 1.165) is 19.3 Å². The minimum absolute atomic E-state index is 0.237. The van der Waals surface area contributed by atoms with E-state index in [1.54, 1.807) is 0 Å². The molecule has 0 bridgehead atoms. The Hall–Kier alpha value is -1.06. The molecule has 4 nitrogen and oxygen atoms in total. The van der Waals surface area contributed by atoms with Crippen LogP contribution in [0, 0.1) is 5.92 Å². The van der Waals surface area contributed by atoms with Crippen molar-refractivity contribution in [2.75, 3.05) is 0 Å². The zero-order valence-electron chi connectivity index (χ0n) is 8.95. The van der Waals surface area contributed by atoms with Crippen molar-refractivity contribution in [3.63, 3.8) is 0 Å². The molecule has 15 heavy (non-hydrogen) atoms. The average Bonchev–Trinajstić information content (AvgIpc) is 2.17. The fraction of sp³-hybridized carbons (Fsp3) is 0.818. The molecule has 2 rings (SSSR count). The molecule has 4 heteroatoms. The first-order valence-corrected chi connectivity index (χ1v) is 5.57. The highest BCUT2D eigenvalue weighted by Crippen LogP contribution is 2.39. The minimum Gasteiger partial charge on any atom is -0.422 e. The molecule has 1 aliphatic carbocycles. The second kappa shape index (κ2) is 3.83. The summed E-state index contributed by atoms with van der Waals surface area (Å²) in [7, 11) is 0. The second-order valence-electron chi connectivity index (χ2n) is 4.39. The lowest BCUT2D eigenvalue weighted by Gasteiger charge is -2.40. The molecule has 0 amide bonds. The molecule has 1 saturated heterocycles. The topological polar surface area (TPSA) is 52.6 Å². The van der Waals surface area contributed by atoms with Crippen molar-refractivity contribution in [1.29, 1.82) is 0 Å². The first kappa shape index (κ1) is 10.5. The number of carbonyl (C=O) groups excluding carboxylic acids is 2. The first-order chi connectivity index (χ1) is 7.13. The molecule has 1 heterocycles. The molecule has 1 saturated carbocycles. The van der Waals surface area contributed by atoms with Crippen molar-refractivity contribution in [2.24, 2.45) is 5.92 Å². The summed E-state index contributed by atoms with van der Waals surface area (Å²) < 4.78 is 10.4. The van der Waals surface area contributed by atoms with E-state index in [9.17, 15) is 9.59 Å². The van der Waals surface area contributed by atoms with Crippen LogP contribution in [0.1, 0.15) is 45.4 Å². The normalized spacial score (nSPS) is 26.2. The van der Waals surface area contributed by atoms with E-state index in [1.807, 2.05) is 0 Å². The van der Waals surface area contributed by atoms with Gasteiger partial charge in [-0.3, -0.25) is 9.59 Å². The summed E-state index contributed by atoms with van der Waals surface area (Å²) in [5.41, 5.74) is 0. The fourth-order valence-corrected chi connectivity index (χ4v) is 2.36. The van der Waals surface area contributed by atoms with Crippen molar-refractivity contribution >= 4 is 11.9 Å². The summed E-state index contributed by atoms with van der Waals surface area (Å²) in [6.07, 6.45) is 4.15. The van der Waals surface area contributed by atoms with Crippen LogP contribution in [0.4, 0.5) is 0 Å². The van der Waals surface area contributed by atoms with E-state index in [0.29, 0.717) is 18.8 Å². The lowest BCUT2D eigenvalue weighted by molar-refractivity contribution is -0.255. The average molecular weight is 212 g/mol. The standard InChI is InChI=1S/C11H16O4/c1-2-8-3-5-11(6-4-8)14-9(12)7-10(13)15-11/h8H,2-7H2,1H3. The Kier molecular flexibility index (Phi) is 2.67. The van der Waals surface area contributed by atoms with Gasteiger partial charge in [0.25, 0.3) is 5.79 Å².